The average molecular weight is 246 g/mol. The predicted molar refractivity (Wildman–Crippen MR) is 67.6 cm³/mol. The minimum Gasteiger partial charge on any atom is -0.372 e. The number of carbonyl (C=O) groups is 1. The second kappa shape index (κ2) is 4.82. The highest BCUT2D eigenvalue weighted by atomic mass is 16.1. The lowest BCUT2D eigenvalue weighted by Crippen LogP contribution is -2.15. The van der Waals surface area contributed by atoms with Gasteiger partial charge in [0.05, 0.1) is 29.5 Å². The van der Waals surface area contributed by atoms with Gasteiger partial charge in [0.1, 0.15) is 11.5 Å². The van der Waals surface area contributed by atoms with Crippen LogP contribution in [-0.4, -0.2) is 33.1 Å². The zero-order chi connectivity index (χ0) is 13.1. The van der Waals surface area contributed by atoms with Gasteiger partial charge >= 0.3 is 0 Å². The quantitative estimate of drug-likeness (QED) is 0.754. The number of nitrogens with one attached hydrogen (secondary N) is 3. The Kier molecular flexibility index (Phi) is 3.22. The highest BCUT2D eigenvalue weighted by Crippen LogP contribution is 2.16. The maximum absolute atomic E-state index is 11.9. The predicted octanol–water partition coefficient (Wildman–Crippen LogP) is 1.11. The molecular formula is C11H14N6O. The third-order valence-corrected chi connectivity index (χ3v) is 2.51. The summed E-state index contributed by atoms with van der Waals surface area (Å²) in [5.74, 6) is 0.306. The second-order valence-electron chi connectivity index (χ2n) is 3.80. The number of aromatic amines is 1. The summed E-state index contributed by atoms with van der Waals surface area (Å²) in [5.41, 5.74) is 2.48. The number of anilines is 2. The molecule has 18 heavy (non-hydrogen) atoms. The fourth-order valence-corrected chi connectivity index (χ4v) is 1.49. The lowest BCUT2D eigenvalue weighted by atomic mass is 10.3. The number of H-pyrrole nitrogens is 1. The molecule has 94 valence electrons. The Morgan fingerprint density at radius 1 is 1.28 bits per heavy atom. The lowest BCUT2D eigenvalue weighted by Gasteiger charge is -2.05. The highest BCUT2D eigenvalue weighted by molar-refractivity contribution is 6.03. The smallest absolute Gasteiger partial charge is 0.275 e. The molecule has 0 saturated heterocycles. The number of aromatic nitrogens is 4. The highest BCUT2D eigenvalue weighted by Gasteiger charge is 2.13. The van der Waals surface area contributed by atoms with Crippen molar-refractivity contribution < 1.29 is 4.79 Å². The van der Waals surface area contributed by atoms with Gasteiger partial charge in [-0.15, -0.1) is 0 Å². The normalized spacial score (nSPS) is 10.2. The first-order valence-electron chi connectivity index (χ1n) is 5.44. The van der Waals surface area contributed by atoms with Crippen molar-refractivity contribution in [2.75, 3.05) is 17.7 Å². The molecule has 2 aromatic heterocycles. The summed E-state index contributed by atoms with van der Waals surface area (Å²) in [6.45, 7) is 3.65. The first kappa shape index (κ1) is 12.0. The van der Waals surface area contributed by atoms with Crippen LogP contribution in [0, 0.1) is 13.8 Å². The number of hydrogen-bond acceptors (Lipinski definition) is 5. The molecule has 0 bridgehead atoms. The Bertz CT molecular complexity index is 540. The van der Waals surface area contributed by atoms with Gasteiger partial charge in [0.15, 0.2) is 0 Å². The molecule has 0 atom stereocenters. The van der Waals surface area contributed by atoms with Crippen LogP contribution in [0.5, 0.6) is 0 Å². The lowest BCUT2D eigenvalue weighted by molar-refractivity contribution is 0.102. The molecule has 0 aromatic carbocycles. The summed E-state index contributed by atoms with van der Waals surface area (Å²) < 4.78 is 0. The van der Waals surface area contributed by atoms with E-state index >= 15 is 0 Å². The van der Waals surface area contributed by atoms with Gasteiger partial charge < -0.3 is 10.6 Å². The van der Waals surface area contributed by atoms with Gasteiger partial charge in [-0.3, -0.25) is 9.89 Å². The molecule has 0 aliphatic heterocycles. The van der Waals surface area contributed by atoms with Crippen molar-refractivity contribution in [1.82, 2.24) is 20.2 Å². The van der Waals surface area contributed by atoms with Crippen molar-refractivity contribution in [3.05, 3.63) is 29.5 Å². The SMILES string of the molecule is CNc1cnc(C(=O)Nc2c(C)n[nH]c2C)cn1. The van der Waals surface area contributed by atoms with Crippen LogP contribution in [-0.2, 0) is 0 Å². The summed E-state index contributed by atoms with van der Waals surface area (Å²) in [4.78, 5) is 20.0. The molecule has 0 aliphatic carbocycles. The first-order chi connectivity index (χ1) is 8.61. The van der Waals surface area contributed by atoms with Crippen molar-refractivity contribution >= 4 is 17.4 Å². The molecule has 0 radical (unpaired) electrons. The van der Waals surface area contributed by atoms with E-state index < -0.39 is 0 Å². The summed E-state index contributed by atoms with van der Waals surface area (Å²) in [7, 11) is 1.74. The number of aryl methyl sites for hydroxylation is 2. The van der Waals surface area contributed by atoms with Crippen LogP contribution in [0.2, 0.25) is 0 Å². The fraction of sp³-hybridized carbons (Fsp3) is 0.273. The molecule has 2 aromatic rings. The monoisotopic (exact) mass is 246 g/mol. The Labute approximate surface area is 104 Å². The summed E-state index contributed by atoms with van der Waals surface area (Å²) in [6.07, 6.45) is 2.93. The second-order valence-corrected chi connectivity index (χ2v) is 3.80. The molecule has 1 amide bonds. The van der Waals surface area contributed by atoms with Crippen LogP contribution in [0.4, 0.5) is 11.5 Å². The molecule has 0 fully saturated rings. The van der Waals surface area contributed by atoms with Crippen molar-refractivity contribution in [3.8, 4) is 0 Å². The topological polar surface area (TPSA) is 95.6 Å². The van der Waals surface area contributed by atoms with Gasteiger partial charge in [0, 0.05) is 7.05 Å². The number of hydrogen-bond donors (Lipinski definition) is 3. The van der Waals surface area contributed by atoms with E-state index in [1.807, 2.05) is 13.8 Å². The van der Waals surface area contributed by atoms with E-state index in [2.05, 4.69) is 30.8 Å². The summed E-state index contributed by atoms with van der Waals surface area (Å²) >= 11 is 0. The van der Waals surface area contributed by atoms with Crippen LogP contribution in [0.1, 0.15) is 21.9 Å². The van der Waals surface area contributed by atoms with E-state index in [1.54, 1.807) is 7.05 Å². The Balaban J connectivity index is 2.17. The molecule has 7 heteroatoms. The van der Waals surface area contributed by atoms with Crippen molar-refractivity contribution in [3.63, 3.8) is 0 Å². The van der Waals surface area contributed by atoms with Gasteiger partial charge in [0.2, 0.25) is 0 Å². The fourth-order valence-electron chi connectivity index (χ4n) is 1.49. The third-order valence-electron chi connectivity index (χ3n) is 2.51. The number of nitrogens with zero attached hydrogens (tertiary/aromatic N) is 3. The maximum atomic E-state index is 11.9. The van der Waals surface area contributed by atoms with Crippen LogP contribution in [0.3, 0.4) is 0 Å². The van der Waals surface area contributed by atoms with Crippen LogP contribution < -0.4 is 10.6 Å². The maximum Gasteiger partial charge on any atom is 0.275 e. The van der Waals surface area contributed by atoms with Gasteiger partial charge in [-0.1, -0.05) is 0 Å². The molecule has 0 saturated carbocycles. The van der Waals surface area contributed by atoms with Gasteiger partial charge in [-0.25, -0.2) is 9.97 Å². The average Bonchev–Trinajstić information content (AvgIpc) is 2.70. The zero-order valence-electron chi connectivity index (χ0n) is 10.4. The Hall–Kier alpha value is -2.44. The first-order valence-corrected chi connectivity index (χ1v) is 5.44. The van der Waals surface area contributed by atoms with Crippen LogP contribution in [0.15, 0.2) is 12.4 Å². The van der Waals surface area contributed by atoms with Gasteiger partial charge in [0.25, 0.3) is 5.91 Å². The summed E-state index contributed by atoms with van der Waals surface area (Å²) in [5, 5.41) is 12.4. The molecule has 7 nitrogen and oxygen atoms in total. The standard InChI is InChI=1S/C11H14N6O/c1-6-10(7(2)17-16-6)15-11(18)8-4-14-9(12-3)5-13-8/h4-5H,1-3H3,(H,12,14)(H,15,18)(H,16,17). The van der Waals surface area contributed by atoms with E-state index in [0.29, 0.717) is 11.5 Å². The summed E-state index contributed by atoms with van der Waals surface area (Å²) in [6, 6.07) is 0. The van der Waals surface area contributed by atoms with Crippen molar-refractivity contribution in [2.45, 2.75) is 13.8 Å². The molecule has 2 rings (SSSR count). The zero-order valence-corrected chi connectivity index (χ0v) is 10.4. The molecule has 2 heterocycles. The van der Waals surface area contributed by atoms with Gasteiger partial charge in [-0.05, 0) is 13.8 Å². The minimum atomic E-state index is -0.308. The minimum absolute atomic E-state index is 0.258. The van der Waals surface area contributed by atoms with E-state index in [-0.39, 0.29) is 11.6 Å². The molecule has 0 unspecified atom stereocenters. The van der Waals surface area contributed by atoms with E-state index in [1.165, 1.54) is 12.4 Å². The van der Waals surface area contributed by atoms with E-state index in [0.717, 1.165) is 11.4 Å². The van der Waals surface area contributed by atoms with Crippen LogP contribution >= 0.6 is 0 Å². The number of carbonyl (C=O) groups excluding carboxylic acids is 1. The Morgan fingerprint density at radius 2 is 2.06 bits per heavy atom. The van der Waals surface area contributed by atoms with Crippen molar-refractivity contribution in [1.29, 1.82) is 0 Å². The number of rotatable bonds is 3. The van der Waals surface area contributed by atoms with E-state index in [4.69, 9.17) is 0 Å². The molecule has 0 aliphatic rings. The molecular weight excluding hydrogens is 232 g/mol. The largest absolute Gasteiger partial charge is 0.372 e. The van der Waals surface area contributed by atoms with Crippen LogP contribution in [0.25, 0.3) is 0 Å². The van der Waals surface area contributed by atoms with E-state index in [9.17, 15) is 4.79 Å². The third kappa shape index (κ3) is 2.29. The molecule has 0 spiro atoms. The number of amides is 1. The molecule has 3 N–H and O–H groups in total. The Morgan fingerprint density at radius 3 is 2.56 bits per heavy atom. The van der Waals surface area contributed by atoms with Gasteiger partial charge in [-0.2, -0.15) is 5.10 Å². The van der Waals surface area contributed by atoms with Crippen molar-refractivity contribution in [2.24, 2.45) is 0 Å².